The molecule has 1 amide bonds. The largest absolute Gasteiger partial charge is 0.339 e. The topological polar surface area (TPSA) is 37.4 Å². The Labute approximate surface area is 83.5 Å². The molecule has 0 N–H and O–H groups in total. The predicted molar refractivity (Wildman–Crippen MR) is 50.6 cm³/mol. The summed E-state index contributed by atoms with van der Waals surface area (Å²) in [4.78, 5) is 25.2. The fraction of sp³-hybridized carbons (Fsp3) is 0.818. The molecule has 3 nitrogen and oxygen atoms in total. The van der Waals surface area contributed by atoms with E-state index in [1.807, 2.05) is 4.90 Å². The second-order valence-corrected chi connectivity index (χ2v) is 4.87. The molecule has 0 aromatic carbocycles. The van der Waals surface area contributed by atoms with Crippen LogP contribution in [0, 0.1) is 11.8 Å². The molecule has 76 valence electrons. The predicted octanol–water partition coefficient (Wildman–Crippen LogP) is 0.976. The Morgan fingerprint density at radius 3 is 2.57 bits per heavy atom. The highest BCUT2D eigenvalue weighted by atomic mass is 16.2. The zero-order chi connectivity index (χ0) is 9.71. The van der Waals surface area contributed by atoms with Crippen molar-refractivity contribution in [2.75, 3.05) is 6.54 Å². The molecule has 3 aliphatic rings. The van der Waals surface area contributed by atoms with Gasteiger partial charge in [0.05, 0.1) is 0 Å². The molecule has 0 bridgehead atoms. The molecular formula is C11H15NO2. The maximum absolute atomic E-state index is 11.6. The van der Waals surface area contributed by atoms with E-state index in [9.17, 15) is 9.59 Å². The van der Waals surface area contributed by atoms with Gasteiger partial charge in [-0.15, -0.1) is 0 Å². The van der Waals surface area contributed by atoms with Crippen molar-refractivity contribution in [1.29, 1.82) is 0 Å². The van der Waals surface area contributed by atoms with E-state index in [-0.39, 0.29) is 0 Å². The molecule has 3 atom stereocenters. The smallest absolute Gasteiger partial charge is 0.222 e. The molecule has 0 aromatic rings. The summed E-state index contributed by atoms with van der Waals surface area (Å²) >= 11 is 0. The van der Waals surface area contributed by atoms with Gasteiger partial charge in [0, 0.05) is 31.8 Å². The minimum absolute atomic E-state index is 0.322. The summed E-state index contributed by atoms with van der Waals surface area (Å²) in [5.74, 6) is 1.72. The maximum Gasteiger partial charge on any atom is 0.222 e. The highest BCUT2D eigenvalue weighted by Crippen LogP contribution is 2.43. The van der Waals surface area contributed by atoms with Gasteiger partial charge in [0.2, 0.25) is 5.91 Å². The van der Waals surface area contributed by atoms with Gasteiger partial charge in [0.15, 0.2) is 0 Å². The monoisotopic (exact) mass is 193 g/mol. The van der Waals surface area contributed by atoms with Crippen molar-refractivity contribution in [2.45, 2.75) is 38.1 Å². The van der Waals surface area contributed by atoms with E-state index in [4.69, 9.17) is 0 Å². The molecule has 1 aliphatic carbocycles. The lowest BCUT2D eigenvalue weighted by Crippen LogP contribution is -2.49. The number of rotatable bonds is 0. The lowest BCUT2D eigenvalue weighted by atomic mass is 9.73. The highest BCUT2D eigenvalue weighted by Gasteiger charge is 2.48. The van der Waals surface area contributed by atoms with Crippen LogP contribution in [-0.2, 0) is 9.59 Å². The third-order valence-corrected chi connectivity index (χ3v) is 4.10. The molecule has 14 heavy (non-hydrogen) atoms. The number of piperidine rings is 1. The standard InChI is InChI=1S/C11H15NO2/c13-9-5-7-1-2-10(14)12-4-3-8(6-9)11(7)12/h7-8,11H,1-6H2/t7-,8+,11-/m1/s1. The van der Waals surface area contributed by atoms with Gasteiger partial charge in [0.25, 0.3) is 0 Å². The van der Waals surface area contributed by atoms with Crippen molar-refractivity contribution < 1.29 is 9.59 Å². The number of carbonyl (C=O) groups is 2. The van der Waals surface area contributed by atoms with Crippen LogP contribution in [0.1, 0.15) is 32.1 Å². The molecule has 0 aromatic heterocycles. The first-order chi connectivity index (χ1) is 6.75. The van der Waals surface area contributed by atoms with Crippen LogP contribution in [0.2, 0.25) is 0 Å². The second kappa shape index (κ2) is 2.81. The SMILES string of the molecule is O=C1C[C@H]2CCC(=O)N3CC[C@@H](C1)[C@@H]23. The van der Waals surface area contributed by atoms with E-state index in [2.05, 4.69) is 0 Å². The Balaban J connectivity index is 1.91. The third-order valence-electron chi connectivity index (χ3n) is 4.10. The highest BCUT2D eigenvalue weighted by molar-refractivity contribution is 5.83. The summed E-state index contributed by atoms with van der Waals surface area (Å²) in [5, 5.41) is 0. The van der Waals surface area contributed by atoms with Crippen molar-refractivity contribution in [1.82, 2.24) is 4.90 Å². The molecular weight excluding hydrogens is 178 g/mol. The van der Waals surface area contributed by atoms with Gasteiger partial charge in [-0.25, -0.2) is 0 Å². The average molecular weight is 193 g/mol. The lowest BCUT2D eigenvalue weighted by molar-refractivity contribution is -0.141. The fourth-order valence-electron chi connectivity index (χ4n) is 3.55. The van der Waals surface area contributed by atoms with E-state index in [1.165, 1.54) is 0 Å². The normalized spacial score (nSPS) is 41.4. The van der Waals surface area contributed by atoms with Gasteiger partial charge >= 0.3 is 0 Å². The molecule has 3 fully saturated rings. The van der Waals surface area contributed by atoms with Crippen LogP contribution >= 0.6 is 0 Å². The number of ketones is 1. The number of amides is 1. The minimum atomic E-state index is 0.322. The molecule has 0 unspecified atom stereocenters. The van der Waals surface area contributed by atoms with E-state index >= 15 is 0 Å². The number of carbonyl (C=O) groups excluding carboxylic acids is 2. The van der Waals surface area contributed by atoms with Crippen LogP contribution < -0.4 is 0 Å². The fourth-order valence-corrected chi connectivity index (χ4v) is 3.55. The van der Waals surface area contributed by atoms with Gasteiger partial charge in [-0.2, -0.15) is 0 Å². The summed E-state index contributed by atoms with van der Waals surface area (Å²) in [6.45, 7) is 0.901. The van der Waals surface area contributed by atoms with Crippen LogP contribution in [0.25, 0.3) is 0 Å². The third kappa shape index (κ3) is 1.04. The van der Waals surface area contributed by atoms with Gasteiger partial charge < -0.3 is 4.90 Å². The van der Waals surface area contributed by atoms with Gasteiger partial charge in [-0.3, -0.25) is 9.59 Å². The lowest BCUT2D eigenvalue weighted by Gasteiger charge is -2.41. The van der Waals surface area contributed by atoms with Crippen molar-refractivity contribution in [2.24, 2.45) is 11.8 Å². The molecule has 0 spiro atoms. The Morgan fingerprint density at radius 2 is 1.79 bits per heavy atom. The van der Waals surface area contributed by atoms with E-state index < -0.39 is 0 Å². The summed E-state index contributed by atoms with van der Waals surface area (Å²) in [5.41, 5.74) is 0. The quantitative estimate of drug-likeness (QED) is 0.575. The number of hydrogen-bond acceptors (Lipinski definition) is 2. The molecule has 1 saturated carbocycles. The molecule has 3 rings (SSSR count). The van der Waals surface area contributed by atoms with E-state index in [0.29, 0.717) is 36.0 Å². The Hall–Kier alpha value is -0.860. The van der Waals surface area contributed by atoms with Crippen molar-refractivity contribution in [3.63, 3.8) is 0 Å². The molecule has 2 saturated heterocycles. The van der Waals surface area contributed by atoms with Crippen molar-refractivity contribution in [3.05, 3.63) is 0 Å². The van der Waals surface area contributed by atoms with Crippen LogP contribution in [0.5, 0.6) is 0 Å². The summed E-state index contributed by atoms with van der Waals surface area (Å²) in [6, 6.07) is 0.425. The molecule has 2 heterocycles. The molecule has 0 radical (unpaired) electrons. The Morgan fingerprint density at radius 1 is 1.07 bits per heavy atom. The van der Waals surface area contributed by atoms with E-state index in [0.717, 1.165) is 32.2 Å². The van der Waals surface area contributed by atoms with Crippen molar-refractivity contribution in [3.8, 4) is 0 Å². The number of Topliss-reactive ketones (excluding diaryl/α,β-unsaturated/α-hetero) is 1. The first-order valence-corrected chi connectivity index (χ1v) is 5.57. The van der Waals surface area contributed by atoms with Gasteiger partial charge in [-0.1, -0.05) is 0 Å². The van der Waals surface area contributed by atoms with Crippen LogP contribution in [0.15, 0.2) is 0 Å². The van der Waals surface area contributed by atoms with Gasteiger partial charge in [0.1, 0.15) is 5.78 Å². The summed E-state index contributed by atoms with van der Waals surface area (Å²) in [7, 11) is 0. The first kappa shape index (κ1) is 8.45. The molecule has 2 aliphatic heterocycles. The average Bonchev–Trinajstić information content (AvgIpc) is 2.56. The van der Waals surface area contributed by atoms with Crippen LogP contribution in [-0.4, -0.2) is 29.2 Å². The zero-order valence-electron chi connectivity index (χ0n) is 8.24. The molecule has 3 heteroatoms. The Kier molecular flexibility index (Phi) is 1.70. The maximum atomic E-state index is 11.6. The summed E-state index contributed by atoms with van der Waals surface area (Å²) < 4.78 is 0. The van der Waals surface area contributed by atoms with Crippen LogP contribution in [0.3, 0.4) is 0 Å². The minimum Gasteiger partial charge on any atom is -0.339 e. The second-order valence-electron chi connectivity index (χ2n) is 4.87. The number of nitrogens with zero attached hydrogens (tertiary/aromatic N) is 1. The number of hydrogen-bond donors (Lipinski definition) is 0. The van der Waals surface area contributed by atoms with Crippen molar-refractivity contribution >= 4 is 11.7 Å². The Bertz CT molecular complexity index is 300. The zero-order valence-corrected chi connectivity index (χ0v) is 8.24. The first-order valence-electron chi connectivity index (χ1n) is 5.57. The van der Waals surface area contributed by atoms with Crippen LogP contribution in [0.4, 0.5) is 0 Å². The van der Waals surface area contributed by atoms with Gasteiger partial charge in [-0.05, 0) is 24.7 Å². The summed E-state index contributed by atoms with van der Waals surface area (Å²) in [6.07, 6.45) is 4.12. The van der Waals surface area contributed by atoms with E-state index in [1.54, 1.807) is 0 Å².